The van der Waals surface area contributed by atoms with E-state index in [2.05, 4.69) is 48.9 Å². The van der Waals surface area contributed by atoms with Crippen LogP contribution in [0.15, 0.2) is 18.2 Å². The van der Waals surface area contributed by atoms with Crippen LogP contribution in [0.25, 0.3) is 10.9 Å². The van der Waals surface area contributed by atoms with E-state index < -0.39 is 0 Å². The van der Waals surface area contributed by atoms with Crippen LogP contribution in [0, 0.1) is 6.92 Å². The Kier molecular flexibility index (Phi) is 3.36. The zero-order valence-corrected chi connectivity index (χ0v) is 12.3. The zero-order chi connectivity index (χ0) is 13.4. The fourth-order valence-corrected chi connectivity index (χ4v) is 3.40. The monoisotopic (exact) mass is 256 g/mol. The summed E-state index contributed by atoms with van der Waals surface area (Å²) < 4.78 is 2.45. The van der Waals surface area contributed by atoms with Crippen LogP contribution in [0.1, 0.15) is 49.4 Å². The Morgan fingerprint density at radius 3 is 3.00 bits per heavy atom. The van der Waals surface area contributed by atoms with E-state index in [1.165, 1.54) is 40.6 Å². The van der Waals surface area contributed by atoms with Crippen LogP contribution in [0.4, 0.5) is 0 Å². The van der Waals surface area contributed by atoms with Crippen LogP contribution in [0.3, 0.4) is 0 Å². The van der Waals surface area contributed by atoms with Crippen LogP contribution in [-0.2, 0) is 13.1 Å². The van der Waals surface area contributed by atoms with Gasteiger partial charge in [0.25, 0.3) is 0 Å². The third-order valence-corrected chi connectivity index (χ3v) is 4.57. The standard InChI is InChI=1S/C17H24N2/c1-4-5-12(2)14-6-7-17-15(10-14)13(3)16-8-9-18-11-19(16)17/h6-7,10,12,18H,4-5,8-9,11H2,1-3H3. The minimum absolute atomic E-state index is 0.670. The molecule has 0 radical (unpaired) electrons. The van der Waals surface area contributed by atoms with Crippen molar-refractivity contribution in [1.82, 2.24) is 9.88 Å². The summed E-state index contributed by atoms with van der Waals surface area (Å²) in [4.78, 5) is 0. The normalized spacial score (nSPS) is 16.6. The third kappa shape index (κ3) is 2.08. The Bertz CT molecular complexity index is 595. The number of aryl methyl sites for hydroxylation is 1. The molecule has 2 nitrogen and oxygen atoms in total. The average molecular weight is 256 g/mol. The SMILES string of the molecule is CCCC(C)c1ccc2c(c1)c(C)c1n2CNCC1. The molecule has 2 heterocycles. The van der Waals surface area contributed by atoms with E-state index in [0.717, 1.165) is 19.6 Å². The van der Waals surface area contributed by atoms with E-state index in [0.29, 0.717) is 5.92 Å². The quantitative estimate of drug-likeness (QED) is 0.879. The summed E-state index contributed by atoms with van der Waals surface area (Å²) in [5.41, 5.74) is 5.90. The second-order valence-electron chi connectivity index (χ2n) is 5.87. The van der Waals surface area contributed by atoms with Gasteiger partial charge in [-0.1, -0.05) is 26.3 Å². The number of rotatable bonds is 3. The van der Waals surface area contributed by atoms with E-state index >= 15 is 0 Å². The molecule has 1 N–H and O–H groups in total. The smallest absolute Gasteiger partial charge is 0.0728 e. The number of nitrogens with one attached hydrogen (secondary N) is 1. The van der Waals surface area contributed by atoms with Crippen molar-refractivity contribution < 1.29 is 0 Å². The number of hydrogen-bond acceptors (Lipinski definition) is 1. The van der Waals surface area contributed by atoms with Gasteiger partial charge in [-0.05, 0) is 42.5 Å². The van der Waals surface area contributed by atoms with Crippen molar-refractivity contribution in [1.29, 1.82) is 0 Å². The molecule has 1 atom stereocenters. The molecule has 0 saturated heterocycles. The van der Waals surface area contributed by atoms with E-state index in [4.69, 9.17) is 0 Å². The molecular formula is C17H24N2. The van der Waals surface area contributed by atoms with Gasteiger partial charge in [-0.25, -0.2) is 0 Å². The zero-order valence-electron chi connectivity index (χ0n) is 12.3. The van der Waals surface area contributed by atoms with Gasteiger partial charge in [0.2, 0.25) is 0 Å². The van der Waals surface area contributed by atoms with Crippen LogP contribution < -0.4 is 5.32 Å². The van der Waals surface area contributed by atoms with Crippen LogP contribution in [0.5, 0.6) is 0 Å². The van der Waals surface area contributed by atoms with Gasteiger partial charge < -0.3 is 4.57 Å². The van der Waals surface area contributed by atoms with Crippen molar-refractivity contribution in [2.75, 3.05) is 6.54 Å². The molecule has 0 spiro atoms. The van der Waals surface area contributed by atoms with E-state index in [1.807, 2.05) is 0 Å². The minimum Gasteiger partial charge on any atom is -0.331 e. The maximum absolute atomic E-state index is 3.47. The summed E-state index contributed by atoms with van der Waals surface area (Å²) in [5.74, 6) is 0.670. The van der Waals surface area contributed by atoms with Gasteiger partial charge in [-0.15, -0.1) is 0 Å². The highest BCUT2D eigenvalue weighted by atomic mass is 15.1. The van der Waals surface area contributed by atoms with Crippen molar-refractivity contribution in [3.8, 4) is 0 Å². The van der Waals surface area contributed by atoms with Crippen molar-refractivity contribution in [2.24, 2.45) is 0 Å². The van der Waals surface area contributed by atoms with Crippen LogP contribution >= 0.6 is 0 Å². The van der Waals surface area contributed by atoms with Crippen molar-refractivity contribution in [2.45, 2.75) is 52.6 Å². The lowest BCUT2D eigenvalue weighted by atomic mass is 9.95. The molecule has 0 fully saturated rings. The van der Waals surface area contributed by atoms with E-state index in [1.54, 1.807) is 0 Å². The Labute approximate surface area is 115 Å². The Morgan fingerprint density at radius 1 is 1.37 bits per heavy atom. The van der Waals surface area contributed by atoms with Gasteiger partial charge in [0.15, 0.2) is 0 Å². The first-order valence-corrected chi connectivity index (χ1v) is 7.54. The molecule has 1 aromatic carbocycles. The number of hydrogen-bond donors (Lipinski definition) is 1. The van der Waals surface area contributed by atoms with E-state index in [9.17, 15) is 0 Å². The van der Waals surface area contributed by atoms with Gasteiger partial charge >= 0.3 is 0 Å². The molecule has 19 heavy (non-hydrogen) atoms. The van der Waals surface area contributed by atoms with Crippen LogP contribution in [0.2, 0.25) is 0 Å². The Morgan fingerprint density at radius 2 is 2.21 bits per heavy atom. The number of fused-ring (bicyclic) bond motifs is 3. The fourth-order valence-electron chi connectivity index (χ4n) is 3.40. The van der Waals surface area contributed by atoms with E-state index in [-0.39, 0.29) is 0 Å². The minimum atomic E-state index is 0.670. The Balaban J connectivity index is 2.10. The summed E-state index contributed by atoms with van der Waals surface area (Å²) >= 11 is 0. The molecule has 0 aliphatic carbocycles. The topological polar surface area (TPSA) is 17.0 Å². The molecule has 1 aromatic heterocycles. The maximum atomic E-state index is 3.47. The highest BCUT2D eigenvalue weighted by Gasteiger charge is 2.17. The van der Waals surface area contributed by atoms with Crippen molar-refractivity contribution in [3.05, 3.63) is 35.0 Å². The molecule has 0 amide bonds. The molecule has 2 heteroatoms. The highest BCUT2D eigenvalue weighted by molar-refractivity contribution is 5.86. The van der Waals surface area contributed by atoms with Gasteiger partial charge in [-0.2, -0.15) is 0 Å². The van der Waals surface area contributed by atoms with Crippen molar-refractivity contribution >= 4 is 10.9 Å². The first kappa shape index (κ1) is 12.7. The first-order chi connectivity index (χ1) is 9.22. The predicted octanol–water partition coefficient (Wildman–Crippen LogP) is 3.96. The lowest BCUT2D eigenvalue weighted by molar-refractivity contribution is 0.505. The third-order valence-electron chi connectivity index (χ3n) is 4.57. The number of nitrogens with zero attached hydrogens (tertiary/aromatic N) is 1. The molecule has 102 valence electrons. The molecule has 1 aliphatic heterocycles. The summed E-state index contributed by atoms with van der Waals surface area (Å²) in [5, 5.41) is 4.92. The summed E-state index contributed by atoms with van der Waals surface area (Å²) in [7, 11) is 0. The molecule has 1 aliphatic rings. The number of aromatic nitrogens is 1. The second kappa shape index (κ2) is 5.01. The highest BCUT2D eigenvalue weighted by Crippen LogP contribution is 2.31. The second-order valence-corrected chi connectivity index (χ2v) is 5.87. The van der Waals surface area contributed by atoms with Crippen molar-refractivity contribution in [3.63, 3.8) is 0 Å². The lowest BCUT2D eigenvalue weighted by Gasteiger charge is -2.18. The molecule has 1 unspecified atom stereocenters. The summed E-state index contributed by atoms with van der Waals surface area (Å²) in [6.07, 6.45) is 3.69. The van der Waals surface area contributed by atoms with Gasteiger partial charge in [0, 0.05) is 29.6 Å². The summed E-state index contributed by atoms with van der Waals surface area (Å²) in [6, 6.07) is 7.07. The van der Waals surface area contributed by atoms with Gasteiger partial charge in [0.05, 0.1) is 6.67 Å². The molecular weight excluding hydrogens is 232 g/mol. The number of benzene rings is 1. The maximum Gasteiger partial charge on any atom is 0.0728 e. The van der Waals surface area contributed by atoms with Gasteiger partial charge in [0.1, 0.15) is 0 Å². The molecule has 2 aromatic rings. The van der Waals surface area contributed by atoms with Crippen LogP contribution in [-0.4, -0.2) is 11.1 Å². The molecule has 3 rings (SSSR count). The molecule has 0 saturated carbocycles. The molecule has 0 bridgehead atoms. The largest absolute Gasteiger partial charge is 0.331 e. The predicted molar refractivity (Wildman–Crippen MR) is 81.7 cm³/mol. The summed E-state index contributed by atoms with van der Waals surface area (Å²) in [6.45, 7) is 8.97. The first-order valence-electron chi connectivity index (χ1n) is 7.54. The fraction of sp³-hybridized carbons (Fsp3) is 0.529. The lowest BCUT2D eigenvalue weighted by Crippen LogP contribution is -2.28. The Hall–Kier alpha value is -1.28. The van der Waals surface area contributed by atoms with Gasteiger partial charge in [-0.3, -0.25) is 5.32 Å². The average Bonchev–Trinajstić information content (AvgIpc) is 2.73.